The number of aliphatic hydroxyl groups excluding tert-OH is 1. The molecule has 2 rings (SSSR count). The summed E-state index contributed by atoms with van der Waals surface area (Å²) >= 11 is 0. The maximum Gasteiger partial charge on any atom is 0.0841 e. The van der Waals surface area contributed by atoms with Crippen molar-refractivity contribution in [1.82, 2.24) is 0 Å². The minimum atomic E-state index is -0.372. The van der Waals surface area contributed by atoms with Crippen LogP contribution in [0.4, 0.5) is 0 Å². The van der Waals surface area contributed by atoms with Gasteiger partial charge in [-0.2, -0.15) is 0 Å². The molecule has 0 spiro atoms. The summed E-state index contributed by atoms with van der Waals surface area (Å²) < 4.78 is 5.30. The van der Waals surface area contributed by atoms with Gasteiger partial charge in [-0.3, -0.25) is 0 Å². The largest absolute Gasteiger partial charge is 0.388 e. The SMILES string of the molecule is CC(C)c1ccc(C(O)C2CCOC2)cc1. The van der Waals surface area contributed by atoms with Crippen LogP contribution in [0.5, 0.6) is 0 Å². The lowest BCUT2D eigenvalue weighted by atomic mass is 9.93. The van der Waals surface area contributed by atoms with Crippen LogP contribution in [-0.4, -0.2) is 18.3 Å². The first-order valence-corrected chi connectivity index (χ1v) is 6.04. The van der Waals surface area contributed by atoms with Gasteiger partial charge in [-0.1, -0.05) is 38.1 Å². The molecule has 1 fully saturated rings. The first-order valence-electron chi connectivity index (χ1n) is 6.04. The Morgan fingerprint density at radius 3 is 2.31 bits per heavy atom. The first-order chi connectivity index (χ1) is 7.68. The second kappa shape index (κ2) is 4.98. The molecule has 1 aromatic carbocycles. The van der Waals surface area contributed by atoms with Crippen LogP contribution in [0.1, 0.15) is 43.4 Å². The molecule has 2 atom stereocenters. The van der Waals surface area contributed by atoms with Crippen molar-refractivity contribution in [3.05, 3.63) is 35.4 Å². The molecule has 1 N–H and O–H groups in total. The predicted molar refractivity (Wildman–Crippen MR) is 64.4 cm³/mol. The van der Waals surface area contributed by atoms with Crippen molar-refractivity contribution in [3.8, 4) is 0 Å². The van der Waals surface area contributed by atoms with E-state index in [9.17, 15) is 5.11 Å². The fourth-order valence-corrected chi connectivity index (χ4v) is 2.15. The Labute approximate surface area is 97.3 Å². The normalized spacial score (nSPS) is 22.6. The highest BCUT2D eigenvalue weighted by atomic mass is 16.5. The predicted octanol–water partition coefficient (Wildman–Crippen LogP) is 2.88. The van der Waals surface area contributed by atoms with Gasteiger partial charge >= 0.3 is 0 Å². The standard InChI is InChI=1S/C14H20O2/c1-10(2)11-3-5-12(6-4-11)14(15)13-7-8-16-9-13/h3-6,10,13-15H,7-9H2,1-2H3. The molecule has 2 nitrogen and oxygen atoms in total. The van der Waals surface area contributed by atoms with Gasteiger partial charge in [0.15, 0.2) is 0 Å². The Morgan fingerprint density at radius 2 is 1.81 bits per heavy atom. The van der Waals surface area contributed by atoms with E-state index in [-0.39, 0.29) is 12.0 Å². The summed E-state index contributed by atoms with van der Waals surface area (Å²) in [4.78, 5) is 0. The lowest BCUT2D eigenvalue weighted by molar-refractivity contribution is 0.0918. The summed E-state index contributed by atoms with van der Waals surface area (Å²) in [6, 6.07) is 8.30. The molecule has 0 radical (unpaired) electrons. The fraction of sp³-hybridized carbons (Fsp3) is 0.571. The summed E-state index contributed by atoms with van der Waals surface area (Å²) in [5.41, 5.74) is 2.33. The molecule has 2 heteroatoms. The summed E-state index contributed by atoms with van der Waals surface area (Å²) in [6.45, 7) is 5.82. The Hall–Kier alpha value is -0.860. The van der Waals surface area contributed by atoms with Crippen LogP contribution in [0.2, 0.25) is 0 Å². The summed E-state index contributed by atoms with van der Waals surface area (Å²) in [5, 5.41) is 10.2. The molecule has 1 aliphatic rings. The van der Waals surface area contributed by atoms with Crippen LogP contribution in [0.25, 0.3) is 0 Å². The lowest BCUT2D eigenvalue weighted by Crippen LogP contribution is -2.12. The zero-order valence-corrected chi connectivity index (χ0v) is 10.0. The average molecular weight is 220 g/mol. The molecular weight excluding hydrogens is 200 g/mol. The highest BCUT2D eigenvalue weighted by molar-refractivity contribution is 5.26. The Balaban J connectivity index is 2.08. The zero-order chi connectivity index (χ0) is 11.5. The van der Waals surface area contributed by atoms with E-state index in [0.717, 1.165) is 18.6 Å². The molecule has 1 aliphatic heterocycles. The number of ether oxygens (including phenoxy) is 1. The molecule has 0 aliphatic carbocycles. The quantitative estimate of drug-likeness (QED) is 0.848. The van der Waals surface area contributed by atoms with Crippen LogP contribution in [0, 0.1) is 5.92 Å². The molecule has 1 heterocycles. The van der Waals surface area contributed by atoms with Crippen LogP contribution in [-0.2, 0) is 4.74 Å². The topological polar surface area (TPSA) is 29.5 Å². The number of hydrogen-bond acceptors (Lipinski definition) is 2. The third kappa shape index (κ3) is 2.45. The lowest BCUT2D eigenvalue weighted by Gasteiger charge is -2.17. The van der Waals surface area contributed by atoms with Crippen molar-refractivity contribution in [2.45, 2.75) is 32.3 Å². The van der Waals surface area contributed by atoms with E-state index in [1.54, 1.807) is 0 Å². The molecule has 1 saturated heterocycles. The van der Waals surface area contributed by atoms with Gasteiger partial charge in [-0.25, -0.2) is 0 Å². The fourth-order valence-electron chi connectivity index (χ4n) is 2.15. The second-order valence-corrected chi connectivity index (χ2v) is 4.89. The molecule has 88 valence electrons. The minimum Gasteiger partial charge on any atom is -0.388 e. The smallest absolute Gasteiger partial charge is 0.0841 e. The molecule has 16 heavy (non-hydrogen) atoms. The number of rotatable bonds is 3. The number of hydrogen-bond donors (Lipinski definition) is 1. The van der Waals surface area contributed by atoms with Crippen LogP contribution >= 0.6 is 0 Å². The molecule has 0 aromatic heterocycles. The minimum absolute atomic E-state index is 0.268. The second-order valence-electron chi connectivity index (χ2n) is 4.89. The number of benzene rings is 1. The van der Waals surface area contributed by atoms with E-state index in [1.807, 2.05) is 12.1 Å². The molecule has 0 bridgehead atoms. The van der Waals surface area contributed by atoms with Gasteiger partial charge < -0.3 is 9.84 Å². The van der Waals surface area contributed by atoms with Gasteiger partial charge in [-0.15, -0.1) is 0 Å². The van der Waals surface area contributed by atoms with Gasteiger partial charge in [0.1, 0.15) is 0 Å². The van der Waals surface area contributed by atoms with Crippen LogP contribution in [0.15, 0.2) is 24.3 Å². The van der Waals surface area contributed by atoms with Crippen molar-refractivity contribution in [2.24, 2.45) is 5.92 Å². The van der Waals surface area contributed by atoms with Gasteiger partial charge in [0, 0.05) is 12.5 Å². The van der Waals surface area contributed by atoms with E-state index >= 15 is 0 Å². The zero-order valence-electron chi connectivity index (χ0n) is 10.0. The van der Waals surface area contributed by atoms with Gasteiger partial charge in [0.2, 0.25) is 0 Å². The van der Waals surface area contributed by atoms with E-state index in [4.69, 9.17) is 4.74 Å². The van der Waals surface area contributed by atoms with E-state index in [2.05, 4.69) is 26.0 Å². The van der Waals surface area contributed by atoms with Gasteiger partial charge in [0.25, 0.3) is 0 Å². The maximum atomic E-state index is 10.2. The molecule has 1 aromatic rings. The van der Waals surface area contributed by atoms with E-state index in [0.29, 0.717) is 12.5 Å². The van der Waals surface area contributed by atoms with Gasteiger partial charge in [0.05, 0.1) is 12.7 Å². The van der Waals surface area contributed by atoms with Crippen molar-refractivity contribution in [1.29, 1.82) is 0 Å². The molecule has 2 unspecified atom stereocenters. The summed E-state index contributed by atoms with van der Waals surface area (Å²) in [7, 11) is 0. The van der Waals surface area contributed by atoms with Crippen LogP contribution < -0.4 is 0 Å². The third-order valence-electron chi connectivity index (χ3n) is 3.36. The van der Waals surface area contributed by atoms with Crippen molar-refractivity contribution in [2.75, 3.05) is 13.2 Å². The summed E-state index contributed by atoms with van der Waals surface area (Å²) in [5.74, 6) is 0.811. The van der Waals surface area contributed by atoms with Crippen molar-refractivity contribution in [3.63, 3.8) is 0 Å². The molecular formula is C14H20O2. The molecule has 0 saturated carbocycles. The van der Waals surface area contributed by atoms with Crippen LogP contribution in [0.3, 0.4) is 0 Å². The van der Waals surface area contributed by atoms with Crippen molar-refractivity contribution < 1.29 is 9.84 Å². The summed E-state index contributed by atoms with van der Waals surface area (Å²) in [6.07, 6.45) is 0.594. The average Bonchev–Trinajstić information content (AvgIpc) is 2.81. The highest BCUT2D eigenvalue weighted by Gasteiger charge is 2.25. The molecule has 0 amide bonds. The van der Waals surface area contributed by atoms with E-state index in [1.165, 1.54) is 5.56 Å². The Kier molecular flexibility index (Phi) is 3.62. The Bertz CT molecular complexity index is 323. The van der Waals surface area contributed by atoms with Crippen molar-refractivity contribution >= 4 is 0 Å². The van der Waals surface area contributed by atoms with Gasteiger partial charge in [-0.05, 0) is 23.5 Å². The maximum absolute atomic E-state index is 10.2. The monoisotopic (exact) mass is 220 g/mol. The number of aliphatic hydroxyl groups is 1. The Morgan fingerprint density at radius 1 is 1.19 bits per heavy atom. The highest BCUT2D eigenvalue weighted by Crippen LogP contribution is 2.29. The first kappa shape index (κ1) is 11.6. The van der Waals surface area contributed by atoms with E-state index < -0.39 is 0 Å². The third-order valence-corrected chi connectivity index (χ3v) is 3.36.